The normalized spacial score (nSPS) is 17.6. The van der Waals surface area contributed by atoms with Crippen molar-refractivity contribution < 1.29 is 4.92 Å². The van der Waals surface area contributed by atoms with Crippen LogP contribution in [0.5, 0.6) is 0 Å². The Balaban J connectivity index is 2.05. The molecule has 0 saturated carbocycles. The van der Waals surface area contributed by atoms with Crippen molar-refractivity contribution in [2.45, 2.75) is 19.4 Å². The average molecular weight is 284 g/mol. The molecule has 0 atom stereocenters. The molecule has 1 aliphatic rings. The van der Waals surface area contributed by atoms with Crippen LogP contribution in [-0.4, -0.2) is 29.5 Å². The van der Waals surface area contributed by atoms with Crippen molar-refractivity contribution in [1.82, 2.24) is 4.90 Å². The first-order valence-corrected chi connectivity index (χ1v) is 6.83. The van der Waals surface area contributed by atoms with E-state index in [4.69, 9.17) is 17.3 Å². The van der Waals surface area contributed by atoms with Gasteiger partial charge < -0.3 is 5.73 Å². The third-order valence-electron chi connectivity index (χ3n) is 3.68. The minimum Gasteiger partial charge on any atom is -0.330 e. The third-order valence-corrected chi connectivity index (χ3v) is 3.91. The van der Waals surface area contributed by atoms with E-state index in [-0.39, 0.29) is 10.6 Å². The predicted molar refractivity (Wildman–Crippen MR) is 75.2 cm³/mol. The third kappa shape index (κ3) is 3.65. The van der Waals surface area contributed by atoms with Gasteiger partial charge in [0.05, 0.1) is 4.92 Å². The monoisotopic (exact) mass is 283 g/mol. The van der Waals surface area contributed by atoms with Crippen LogP contribution in [0.4, 0.5) is 5.69 Å². The smallest absolute Gasteiger partial charge is 0.275 e. The van der Waals surface area contributed by atoms with Gasteiger partial charge in [-0.05, 0) is 50.5 Å². The minimum absolute atomic E-state index is 0.105. The lowest BCUT2D eigenvalue weighted by molar-refractivity contribution is -0.385. The Morgan fingerprint density at radius 2 is 2.11 bits per heavy atom. The topological polar surface area (TPSA) is 72.4 Å². The molecule has 2 N–H and O–H groups in total. The standard InChI is InChI=1S/C13H18ClN3O2/c14-12-2-1-11(13(7-12)17(18)19)9-16-5-3-10(8-15)4-6-16/h1-2,7,10H,3-6,8-9,15H2. The molecular formula is C13H18ClN3O2. The van der Waals surface area contributed by atoms with Crippen molar-refractivity contribution >= 4 is 17.3 Å². The van der Waals surface area contributed by atoms with Crippen LogP contribution in [0, 0.1) is 16.0 Å². The molecule has 1 fully saturated rings. The molecule has 1 saturated heterocycles. The maximum Gasteiger partial charge on any atom is 0.275 e. The van der Waals surface area contributed by atoms with Crippen LogP contribution >= 0.6 is 11.6 Å². The Labute approximate surface area is 117 Å². The van der Waals surface area contributed by atoms with Gasteiger partial charge in [-0.1, -0.05) is 11.6 Å². The van der Waals surface area contributed by atoms with Crippen molar-refractivity contribution in [3.05, 3.63) is 38.9 Å². The van der Waals surface area contributed by atoms with Crippen LogP contribution in [0.1, 0.15) is 18.4 Å². The van der Waals surface area contributed by atoms with Gasteiger partial charge in [0.15, 0.2) is 0 Å². The summed E-state index contributed by atoms with van der Waals surface area (Å²) in [4.78, 5) is 12.9. The highest BCUT2D eigenvalue weighted by Gasteiger charge is 2.21. The molecule has 0 unspecified atom stereocenters. The Morgan fingerprint density at radius 3 is 2.68 bits per heavy atom. The quantitative estimate of drug-likeness (QED) is 0.680. The van der Waals surface area contributed by atoms with Gasteiger partial charge in [-0.2, -0.15) is 0 Å². The first-order valence-electron chi connectivity index (χ1n) is 6.45. The maximum atomic E-state index is 11.0. The van der Waals surface area contributed by atoms with E-state index in [0.717, 1.165) is 38.0 Å². The summed E-state index contributed by atoms with van der Waals surface area (Å²) >= 11 is 5.81. The number of nitro groups is 1. The molecule has 0 amide bonds. The van der Waals surface area contributed by atoms with Gasteiger partial charge in [0.1, 0.15) is 0 Å². The highest BCUT2D eigenvalue weighted by atomic mass is 35.5. The minimum atomic E-state index is -0.367. The number of hydrogen-bond donors (Lipinski definition) is 1. The Hall–Kier alpha value is -1.17. The van der Waals surface area contributed by atoms with Crippen molar-refractivity contribution in [1.29, 1.82) is 0 Å². The molecule has 1 aromatic rings. The lowest BCUT2D eigenvalue weighted by Gasteiger charge is -2.31. The number of piperidine rings is 1. The number of nitrogens with zero attached hydrogens (tertiary/aromatic N) is 2. The highest BCUT2D eigenvalue weighted by molar-refractivity contribution is 6.30. The second kappa shape index (κ2) is 6.32. The van der Waals surface area contributed by atoms with E-state index >= 15 is 0 Å². The van der Waals surface area contributed by atoms with Crippen molar-refractivity contribution in [2.24, 2.45) is 11.7 Å². The summed E-state index contributed by atoms with van der Waals surface area (Å²) in [7, 11) is 0. The Kier molecular flexibility index (Phi) is 4.74. The van der Waals surface area contributed by atoms with Crippen LogP contribution in [0.25, 0.3) is 0 Å². The first kappa shape index (κ1) is 14.2. The molecule has 1 heterocycles. The Morgan fingerprint density at radius 1 is 1.42 bits per heavy atom. The number of halogens is 1. The Bertz CT molecular complexity index is 459. The van der Waals surface area contributed by atoms with Gasteiger partial charge in [-0.15, -0.1) is 0 Å². The average Bonchev–Trinajstić information content (AvgIpc) is 2.41. The first-order chi connectivity index (χ1) is 9.10. The molecule has 0 spiro atoms. The van der Waals surface area contributed by atoms with Crippen molar-refractivity contribution in [3.8, 4) is 0 Å². The summed E-state index contributed by atoms with van der Waals surface area (Å²) in [5, 5.41) is 11.4. The molecule has 5 nitrogen and oxygen atoms in total. The molecule has 1 aromatic carbocycles. The van der Waals surface area contributed by atoms with E-state index < -0.39 is 0 Å². The summed E-state index contributed by atoms with van der Waals surface area (Å²) in [6.07, 6.45) is 2.13. The number of benzene rings is 1. The maximum absolute atomic E-state index is 11.0. The number of nitro benzene ring substituents is 1. The lowest BCUT2D eigenvalue weighted by atomic mass is 9.97. The summed E-state index contributed by atoms with van der Waals surface area (Å²) in [5.74, 6) is 0.594. The second-order valence-electron chi connectivity index (χ2n) is 4.99. The molecule has 0 aliphatic carbocycles. The molecule has 6 heteroatoms. The molecular weight excluding hydrogens is 266 g/mol. The van der Waals surface area contributed by atoms with E-state index in [9.17, 15) is 10.1 Å². The number of nitrogens with two attached hydrogens (primary N) is 1. The fraction of sp³-hybridized carbons (Fsp3) is 0.538. The zero-order chi connectivity index (χ0) is 13.8. The van der Waals surface area contributed by atoms with E-state index in [2.05, 4.69) is 4.90 Å². The van der Waals surface area contributed by atoms with Gasteiger partial charge >= 0.3 is 0 Å². The molecule has 1 aliphatic heterocycles. The zero-order valence-electron chi connectivity index (χ0n) is 10.7. The van der Waals surface area contributed by atoms with E-state index in [1.165, 1.54) is 6.07 Å². The fourth-order valence-electron chi connectivity index (χ4n) is 2.46. The number of likely N-dealkylation sites (tertiary alicyclic amines) is 1. The fourth-order valence-corrected chi connectivity index (χ4v) is 2.63. The molecule has 0 aromatic heterocycles. The predicted octanol–water partition coefficient (Wildman–Crippen LogP) is 2.42. The molecule has 2 rings (SSSR count). The second-order valence-corrected chi connectivity index (χ2v) is 5.42. The molecule has 19 heavy (non-hydrogen) atoms. The van der Waals surface area contributed by atoms with Gasteiger partial charge in [-0.25, -0.2) is 0 Å². The summed E-state index contributed by atoms with van der Waals surface area (Å²) in [6, 6.07) is 4.87. The summed E-state index contributed by atoms with van der Waals surface area (Å²) in [5.41, 5.74) is 6.49. The highest BCUT2D eigenvalue weighted by Crippen LogP contribution is 2.26. The molecule has 0 radical (unpaired) electrons. The van der Waals surface area contributed by atoms with Crippen LogP contribution in [0.15, 0.2) is 18.2 Å². The van der Waals surface area contributed by atoms with E-state index in [0.29, 0.717) is 17.5 Å². The number of hydrogen-bond acceptors (Lipinski definition) is 4. The van der Waals surface area contributed by atoms with Gasteiger partial charge in [0.25, 0.3) is 5.69 Å². The van der Waals surface area contributed by atoms with Crippen LogP contribution in [0.2, 0.25) is 5.02 Å². The van der Waals surface area contributed by atoms with Crippen molar-refractivity contribution in [2.75, 3.05) is 19.6 Å². The van der Waals surface area contributed by atoms with E-state index in [1.807, 2.05) is 0 Å². The van der Waals surface area contributed by atoms with Crippen molar-refractivity contribution in [3.63, 3.8) is 0 Å². The van der Waals surface area contributed by atoms with E-state index in [1.54, 1.807) is 12.1 Å². The van der Waals surface area contributed by atoms with Crippen LogP contribution < -0.4 is 5.73 Å². The van der Waals surface area contributed by atoms with Gasteiger partial charge in [-0.3, -0.25) is 15.0 Å². The summed E-state index contributed by atoms with van der Waals surface area (Å²) in [6.45, 7) is 3.23. The van der Waals surface area contributed by atoms with Gasteiger partial charge in [0, 0.05) is 23.2 Å². The molecule has 104 valence electrons. The lowest BCUT2D eigenvalue weighted by Crippen LogP contribution is -2.35. The van der Waals surface area contributed by atoms with Crippen LogP contribution in [0.3, 0.4) is 0 Å². The summed E-state index contributed by atoms with van der Waals surface area (Å²) < 4.78 is 0. The van der Waals surface area contributed by atoms with Gasteiger partial charge in [0.2, 0.25) is 0 Å². The van der Waals surface area contributed by atoms with Crippen LogP contribution in [-0.2, 0) is 6.54 Å². The number of rotatable bonds is 4. The zero-order valence-corrected chi connectivity index (χ0v) is 11.5. The molecule has 0 bridgehead atoms. The largest absolute Gasteiger partial charge is 0.330 e. The SMILES string of the molecule is NCC1CCN(Cc2ccc(Cl)cc2[N+](=O)[O-])CC1.